The summed E-state index contributed by atoms with van der Waals surface area (Å²) in [7, 11) is 0. The van der Waals surface area contributed by atoms with Crippen LogP contribution < -0.4 is 11.3 Å². The number of rotatable bonds is 26. The smallest absolute Gasteiger partial charge is 0.0414 e. The van der Waals surface area contributed by atoms with Gasteiger partial charge in [-0.25, -0.2) is 0 Å². The Morgan fingerprint density at radius 3 is 0.806 bits per heavy atom. The summed E-state index contributed by atoms with van der Waals surface area (Å²) in [5.74, 6) is -0.899. The van der Waals surface area contributed by atoms with Crippen molar-refractivity contribution in [2.24, 2.45) is 0 Å². The van der Waals surface area contributed by atoms with Gasteiger partial charge in [0.1, 0.15) is 0 Å². The maximum absolute atomic E-state index is 10.3. The maximum atomic E-state index is 10.3. The number of hydrogen-bond donors (Lipinski definition) is 1. The zero-order valence-electron chi connectivity index (χ0n) is 21.7. The van der Waals surface area contributed by atoms with Crippen LogP contribution in [0.4, 0.5) is 0 Å². The third-order valence-corrected chi connectivity index (χ3v) is 6.48. The number of carboxylic acid groups (broad SMARTS) is 1. The Morgan fingerprint density at radius 1 is 0.419 bits per heavy atom. The molecule has 0 amide bonds. The molecule has 0 aliphatic carbocycles. The van der Waals surface area contributed by atoms with Crippen LogP contribution in [0.25, 0.3) is 0 Å². The van der Waals surface area contributed by atoms with E-state index in [2.05, 4.69) is 6.92 Å². The minimum absolute atomic E-state index is 0. The first-order chi connectivity index (χ1) is 14.8. The number of quaternary nitrogens is 1. The van der Waals surface area contributed by atoms with Gasteiger partial charge in [-0.2, -0.15) is 0 Å². The van der Waals surface area contributed by atoms with E-state index >= 15 is 0 Å². The second kappa shape index (κ2) is 29.4. The molecule has 0 radical (unpaired) electrons. The van der Waals surface area contributed by atoms with Crippen LogP contribution >= 0.6 is 0 Å². The molecule has 0 aromatic heterocycles. The Balaban J connectivity index is 0. The molecule has 0 bridgehead atoms. The quantitative estimate of drug-likeness (QED) is 0.136. The van der Waals surface area contributed by atoms with Crippen molar-refractivity contribution in [1.29, 1.82) is 0 Å². The van der Waals surface area contributed by atoms with E-state index in [-0.39, 0.29) is 12.6 Å². The molecule has 3 nitrogen and oxygen atoms in total. The number of aliphatic carboxylic acids is 1. The average molecular weight is 442 g/mol. The van der Waals surface area contributed by atoms with Crippen molar-refractivity contribution in [2.75, 3.05) is 0 Å². The molecular formula is C28H59NO2. The van der Waals surface area contributed by atoms with Gasteiger partial charge in [-0.1, -0.05) is 161 Å². The molecule has 0 saturated heterocycles. The van der Waals surface area contributed by atoms with E-state index in [9.17, 15) is 9.90 Å². The molecule has 0 fully saturated rings. The molecule has 0 aliphatic heterocycles. The summed E-state index contributed by atoms with van der Waals surface area (Å²) < 4.78 is 0. The number of unbranched alkanes of at least 4 members (excludes halogenated alkanes) is 24. The van der Waals surface area contributed by atoms with Crippen molar-refractivity contribution in [3.8, 4) is 0 Å². The highest BCUT2D eigenvalue weighted by molar-refractivity contribution is 5.63. The average Bonchev–Trinajstić information content (AvgIpc) is 2.73. The first-order valence-electron chi connectivity index (χ1n) is 14.0. The van der Waals surface area contributed by atoms with Gasteiger partial charge in [0.05, 0.1) is 0 Å². The number of hydrogen-bond acceptors (Lipinski definition) is 2. The molecule has 3 heteroatoms. The highest BCUT2D eigenvalue weighted by Gasteiger charge is 1.96. The molecular weight excluding hydrogens is 382 g/mol. The largest absolute Gasteiger partial charge is 0.550 e. The fourth-order valence-electron chi connectivity index (χ4n) is 4.41. The van der Waals surface area contributed by atoms with Crippen LogP contribution in [-0.4, -0.2) is 5.97 Å². The van der Waals surface area contributed by atoms with E-state index in [1.54, 1.807) is 0 Å². The van der Waals surface area contributed by atoms with Crippen LogP contribution in [0.1, 0.15) is 174 Å². The Hall–Kier alpha value is -0.570. The molecule has 0 saturated carbocycles. The van der Waals surface area contributed by atoms with Crippen LogP contribution in [0, 0.1) is 0 Å². The van der Waals surface area contributed by atoms with Crippen molar-refractivity contribution in [3.05, 3.63) is 0 Å². The number of carboxylic acids is 1. The van der Waals surface area contributed by atoms with Crippen LogP contribution in [-0.2, 0) is 4.79 Å². The van der Waals surface area contributed by atoms with Gasteiger partial charge in [-0.05, 0) is 12.8 Å². The van der Waals surface area contributed by atoms with E-state index in [1.165, 1.54) is 148 Å². The lowest BCUT2D eigenvalue weighted by atomic mass is 10.0. The molecule has 0 spiro atoms. The van der Waals surface area contributed by atoms with E-state index in [0.717, 1.165) is 12.8 Å². The number of carbonyl (C=O) groups excluding carboxylic acids is 1. The summed E-state index contributed by atoms with van der Waals surface area (Å²) in [6.07, 6.45) is 34.6. The fraction of sp³-hybridized carbons (Fsp3) is 0.964. The molecule has 0 unspecified atom stereocenters. The number of carbonyl (C=O) groups is 1. The van der Waals surface area contributed by atoms with Gasteiger partial charge in [-0.15, -0.1) is 0 Å². The monoisotopic (exact) mass is 441 g/mol. The van der Waals surface area contributed by atoms with Crippen LogP contribution in [0.2, 0.25) is 0 Å². The molecule has 4 N–H and O–H groups in total. The molecule has 188 valence electrons. The predicted octanol–water partition coefficient (Wildman–Crippen LogP) is 9.28. The first kappa shape index (κ1) is 32.6. The fourth-order valence-corrected chi connectivity index (χ4v) is 4.41. The van der Waals surface area contributed by atoms with Gasteiger partial charge in [0.15, 0.2) is 0 Å². The summed E-state index contributed by atoms with van der Waals surface area (Å²) in [5.41, 5.74) is 0. The van der Waals surface area contributed by atoms with Gasteiger partial charge in [0.2, 0.25) is 0 Å². The van der Waals surface area contributed by atoms with Crippen molar-refractivity contribution < 1.29 is 9.90 Å². The zero-order valence-corrected chi connectivity index (χ0v) is 21.7. The maximum Gasteiger partial charge on any atom is 0.0414 e. The van der Waals surface area contributed by atoms with Crippen molar-refractivity contribution in [3.63, 3.8) is 0 Å². The molecule has 0 heterocycles. The standard InChI is InChI=1S/C28H56O2.H3N/c1-2-3-4-5-6-7-8-9-10-11-12-13-14-15-16-17-18-19-20-21-22-23-24-25-26-27-28(29)30;/h2-27H2,1H3,(H,29,30);1H3. The molecule has 0 rings (SSSR count). The summed E-state index contributed by atoms with van der Waals surface area (Å²) in [6, 6.07) is 0. The van der Waals surface area contributed by atoms with Crippen molar-refractivity contribution in [1.82, 2.24) is 6.15 Å². The topological polar surface area (TPSA) is 76.6 Å². The first-order valence-corrected chi connectivity index (χ1v) is 14.0. The molecule has 31 heavy (non-hydrogen) atoms. The minimum atomic E-state index is -0.899. The lowest BCUT2D eigenvalue weighted by Crippen LogP contribution is -2.21. The van der Waals surface area contributed by atoms with Gasteiger partial charge in [0, 0.05) is 5.97 Å². The molecule has 0 aromatic rings. The molecule has 0 aromatic carbocycles. The van der Waals surface area contributed by atoms with E-state index in [1.807, 2.05) is 0 Å². The van der Waals surface area contributed by atoms with E-state index in [4.69, 9.17) is 0 Å². The Labute approximate surface area is 196 Å². The van der Waals surface area contributed by atoms with Crippen LogP contribution in [0.5, 0.6) is 0 Å². The third-order valence-electron chi connectivity index (χ3n) is 6.48. The van der Waals surface area contributed by atoms with Crippen LogP contribution in [0.3, 0.4) is 0 Å². The summed E-state index contributed by atoms with van der Waals surface area (Å²) in [6.45, 7) is 2.29. The molecule has 0 aliphatic rings. The normalized spacial score (nSPS) is 10.9. The van der Waals surface area contributed by atoms with Gasteiger partial charge in [-0.3, -0.25) is 0 Å². The van der Waals surface area contributed by atoms with Crippen LogP contribution in [0.15, 0.2) is 0 Å². The van der Waals surface area contributed by atoms with E-state index in [0.29, 0.717) is 0 Å². The second-order valence-electron chi connectivity index (χ2n) is 9.61. The van der Waals surface area contributed by atoms with Gasteiger partial charge in [0.25, 0.3) is 0 Å². The van der Waals surface area contributed by atoms with Crippen molar-refractivity contribution >= 4 is 5.97 Å². The Morgan fingerprint density at radius 2 is 0.613 bits per heavy atom. The highest BCUT2D eigenvalue weighted by Crippen LogP contribution is 2.15. The third kappa shape index (κ3) is 31.7. The molecule has 0 atom stereocenters. The Bertz CT molecular complexity index is 333. The van der Waals surface area contributed by atoms with Gasteiger partial charge < -0.3 is 16.1 Å². The van der Waals surface area contributed by atoms with E-state index < -0.39 is 5.97 Å². The lowest BCUT2D eigenvalue weighted by Gasteiger charge is -2.04. The zero-order chi connectivity index (χ0) is 22.0. The summed E-state index contributed by atoms with van der Waals surface area (Å²) >= 11 is 0. The summed E-state index contributed by atoms with van der Waals surface area (Å²) in [4.78, 5) is 10.3. The Kier molecular flexibility index (Phi) is 31.0. The minimum Gasteiger partial charge on any atom is -0.550 e. The lowest BCUT2D eigenvalue weighted by molar-refractivity contribution is -0.305. The van der Waals surface area contributed by atoms with Gasteiger partial charge >= 0.3 is 0 Å². The highest BCUT2D eigenvalue weighted by atomic mass is 16.4. The second-order valence-corrected chi connectivity index (χ2v) is 9.61. The SMILES string of the molecule is CCCCCCCCCCCCCCCCCCCCCCCCCCCC(=O)[O-].[NH4+]. The van der Waals surface area contributed by atoms with Crippen molar-refractivity contribution in [2.45, 2.75) is 174 Å². The summed E-state index contributed by atoms with van der Waals surface area (Å²) in [5, 5.41) is 10.3. The predicted molar refractivity (Wildman–Crippen MR) is 137 cm³/mol.